The van der Waals surface area contributed by atoms with Gasteiger partial charge in [0.05, 0.1) is 11.8 Å². The summed E-state index contributed by atoms with van der Waals surface area (Å²) in [4.78, 5) is 26.9. The molecule has 2 aromatic carbocycles. The molecule has 1 aliphatic heterocycles. The van der Waals surface area contributed by atoms with E-state index in [0.717, 1.165) is 31.4 Å². The van der Waals surface area contributed by atoms with Crippen LogP contribution in [0.1, 0.15) is 24.8 Å². The van der Waals surface area contributed by atoms with Crippen molar-refractivity contribution in [3.8, 4) is 0 Å². The summed E-state index contributed by atoms with van der Waals surface area (Å²) in [6, 6.07) is 13.8. The number of halogens is 2. The van der Waals surface area contributed by atoms with E-state index >= 15 is 0 Å². The van der Waals surface area contributed by atoms with E-state index in [-0.39, 0.29) is 11.8 Å². The van der Waals surface area contributed by atoms with E-state index in [1.807, 2.05) is 23.1 Å². The summed E-state index contributed by atoms with van der Waals surface area (Å²) in [5.41, 5.74) is 0.869. The minimum Gasteiger partial charge on any atom is -0.342 e. The minimum absolute atomic E-state index is 0.0164. The molecule has 2 unspecified atom stereocenters. The highest BCUT2D eigenvalue weighted by Gasteiger charge is 2.50. The third-order valence-electron chi connectivity index (χ3n) is 5.95. The number of benzene rings is 2. The number of amides is 2. The first-order valence-corrected chi connectivity index (χ1v) is 10.1. The quantitative estimate of drug-likeness (QED) is 0.827. The van der Waals surface area contributed by atoms with E-state index in [2.05, 4.69) is 17.4 Å². The van der Waals surface area contributed by atoms with E-state index in [4.69, 9.17) is 0 Å². The maximum atomic E-state index is 13.7. The van der Waals surface area contributed by atoms with Crippen molar-refractivity contribution in [1.82, 2.24) is 4.90 Å². The Labute approximate surface area is 168 Å². The van der Waals surface area contributed by atoms with Crippen LogP contribution in [0.4, 0.5) is 14.5 Å². The third kappa shape index (κ3) is 4.47. The molecule has 1 saturated carbocycles. The third-order valence-corrected chi connectivity index (χ3v) is 5.95. The summed E-state index contributed by atoms with van der Waals surface area (Å²) in [5, 5.41) is 2.30. The second-order valence-electron chi connectivity index (χ2n) is 7.99. The summed E-state index contributed by atoms with van der Waals surface area (Å²) >= 11 is 0. The lowest BCUT2D eigenvalue weighted by atomic mass is 9.90. The molecule has 1 N–H and O–H groups in total. The molecule has 152 valence electrons. The molecule has 0 aromatic heterocycles. The molecular formula is C23H24F2N2O2. The van der Waals surface area contributed by atoms with Crippen molar-refractivity contribution in [2.75, 3.05) is 18.4 Å². The van der Waals surface area contributed by atoms with Crippen LogP contribution < -0.4 is 5.32 Å². The SMILES string of the molecule is O=C(Nc1c(F)cccc1F)C1CC1C(=O)N1CCC(Cc2ccccc2)CC1. The Balaban J connectivity index is 1.27. The van der Waals surface area contributed by atoms with Gasteiger partial charge in [0.2, 0.25) is 11.8 Å². The predicted molar refractivity (Wildman–Crippen MR) is 106 cm³/mol. The molecule has 4 rings (SSSR count). The molecule has 29 heavy (non-hydrogen) atoms. The fraction of sp³-hybridized carbons (Fsp3) is 0.391. The average molecular weight is 398 g/mol. The Morgan fingerprint density at radius 1 is 0.931 bits per heavy atom. The smallest absolute Gasteiger partial charge is 0.228 e. The first-order valence-electron chi connectivity index (χ1n) is 10.1. The first kappa shape index (κ1) is 19.6. The van der Waals surface area contributed by atoms with Gasteiger partial charge in [0, 0.05) is 13.1 Å². The van der Waals surface area contributed by atoms with Crippen molar-refractivity contribution >= 4 is 17.5 Å². The second-order valence-corrected chi connectivity index (χ2v) is 7.99. The highest BCUT2D eigenvalue weighted by molar-refractivity contribution is 5.99. The lowest BCUT2D eigenvalue weighted by molar-refractivity contribution is -0.135. The average Bonchev–Trinajstić information content (AvgIpc) is 3.53. The number of hydrogen-bond donors (Lipinski definition) is 1. The number of carbonyl (C=O) groups is 2. The van der Waals surface area contributed by atoms with E-state index in [0.29, 0.717) is 25.4 Å². The molecule has 6 heteroatoms. The summed E-state index contributed by atoms with van der Waals surface area (Å²) in [6.07, 6.45) is 3.35. The Hall–Kier alpha value is -2.76. The van der Waals surface area contributed by atoms with Crippen LogP contribution in [-0.2, 0) is 16.0 Å². The van der Waals surface area contributed by atoms with Crippen LogP contribution in [0.3, 0.4) is 0 Å². The van der Waals surface area contributed by atoms with Crippen LogP contribution in [0.25, 0.3) is 0 Å². The lowest BCUT2D eigenvalue weighted by Gasteiger charge is -2.32. The fourth-order valence-corrected chi connectivity index (χ4v) is 4.13. The molecular weight excluding hydrogens is 374 g/mol. The monoisotopic (exact) mass is 398 g/mol. The molecule has 2 aliphatic rings. The molecule has 0 radical (unpaired) electrons. The van der Waals surface area contributed by atoms with Crippen molar-refractivity contribution in [1.29, 1.82) is 0 Å². The van der Waals surface area contributed by atoms with E-state index in [1.54, 1.807) is 0 Å². The van der Waals surface area contributed by atoms with Crippen molar-refractivity contribution in [3.63, 3.8) is 0 Å². The van der Waals surface area contributed by atoms with E-state index in [1.165, 1.54) is 11.6 Å². The number of likely N-dealkylation sites (tertiary alicyclic amines) is 1. The summed E-state index contributed by atoms with van der Waals surface area (Å²) in [6.45, 7) is 1.40. The topological polar surface area (TPSA) is 49.4 Å². The van der Waals surface area contributed by atoms with Gasteiger partial charge < -0.3 is 10.2 Å². The molecule has 2 amide bonds. The van der Waals surface area contributed by atoms with Gasteiger partial charge in [-0.2, -0.15) is 0 Å². The Morgan fingerprint density at radius 2 is 1.59 bits per heavy atom. The zero-order valence-corrected chi connectivity index (χ0v) is 16.1. The minimum atomic E-state index is -0.817. The summed E-state index contributed by atoms with van der Waals surface area (Å²) in [5.74, 6) is -2.48. The molecule has 2 aromatic rings. The van der Waals surface area contributed by atoms with Crippen molar-refractivity contribution in [2.24, 2.45) is 17.8 Å². The first-order chi connectivity index (χ1) is 14.0. The van der Waals surface area contributed by atoms with E-state index < -0.39 is 29.1 Å². The van der Waals surface area contributed by atoms with Crippen LogP contribution in [0, 0.1) is 29.4 Å². The molecule has 0 spiro atoms. The van der Waals surface area contributed by atoms with Crippen molar-refractivity contribution < 1.29 is 18.4 Å². The number of rotatable bonds is 5. The molecule has 2 atom stereocenters. The number of nitrogens with zero attached hydrogens (tertiary/aromatic N) is 1. The number of nitrogens with one attached hydrogen (secondary N) is 1. The van der Waals surface area contributed by atoms with Gasteiger partial charge in [0.15, 0.2) is 0 Å². The number of anilines is 1. The maximum absolute atomic E-state index is 13.7. The van der Waals surface area contributed by atoms with Gasteiger partial charge in [-0.3, -0.25) is 9.59 Å². The van der Waals surface area contributed by atoms with Crippen LogP contribution in [0.15, 0.2) is 48.5 Å². The number of para-hydroxylation sites is 1. The van der Waals surface area contributed by atoms with Crippen LogP contribution in [-0.4, -0.2) is 29.8 Å². The Kier molecular flexibility index (Phi) is 5.60. The van der Waals surface area contributed by atoms with Gasteiger partial charge in [0.25, 0.3) is 0 Å². The zero-order chi connectivity index (χ0) is 20.4. The molecule has 1 heterocycles. The van der Waals surface area contributed by atoms with E-state index in [9.17, 15) is 18.4 Å². The van der Waals surface area contributed by atoms with Gasteiger partial charge in [0.1, 0.15) is 17.3 Å². The van der Waals surface area contributed by atoms with Gasteiger partial charge in [-0.1, -0.05) is 36.4 Å². The van der Waals surface area contributed by atoms with Gasteiger partial charge in [-0.05, 0) is 49.3 Å². The summed E-state index contributed by atoms with van der Waals surface area (Å²) < 4.78 is 27.4. The molecule has 0 bridgehead atoms. The van der Waals surface area contributed by atoms with Gasteiger partial charge in [-0.15, -0.1) is 0 Å². The molecule has 4 nitrogen and oxygen atoms in total. The highest BCUT2D eigenvalue weighted by atomic mass is 19.1. The number of carbonyl (C=O) groups excluding carboxylic acids is 2. The van der Waals surface area contributed by atoms with Crippen LogP contribution >= 0.6 is 0 Å². The maximum Gasteiger partial charge on any atom is 0.228 e. The highest BCUT2D eigenvalue weighted by Crippen LogP contribution is 2.41. The lowest BCUT2D eigenvalue weighted by Crippen LogP contribution is -2.40. The van der Waals surface area contributed by atoms with Crippen LogP contribution in [0.2, 0.25) is 0 Å². The Bertz CT molecular complexity index is 875. The number of hydrogen-bond acceptors (Lipinski definition) is 2. The zero-order valence-electron chi connectivity index (χ0n) is 16.1. The number of piperidine rings is 1. The van der Waals surface area contributed by atoms with Crippen LogP contribution in [0.5, 0.6) is 0 Å². The normalized spacial score (nSPS) is 21.7. The van der Waals surface area contributed by atoms with Crippen molar-refractivity contribution in [3.05, 3.63) is 65.7 Å². The summed E-state index contributed by atoms with van der Waals surface area (Å²) in [7, 11) is 0. The molecule has 2 fully saturated rings. The standard InChI is InChI=1S/C23H24F2N2O2/c24-19-7-4-8-20(25)21(19)26-22(28)17-14-18(17)23(29)27-11-9-16(10-12-27)13-15-5-2-1-3-6-15/h1-8,16-18H,9-14H2,(H,26,28). The predicted octanol–water partition coefficient (Wildman–Crippen LogP) is 4.02. The largest absolute Gasteiger partial charge is 0.342 e. The fourth-order valence-electron chi connectivity index (χ4n) is 4.13. The molecule has 1 aliphatic carbocycles. The second kappa shape index (κ2) is 8.31. The van der Waals surface area contributed by atoms with Crippen molar-refractivity contribution in [2.45, 2.75) is 25.7 Å². The molecule has 1 saturated heterocycles. The van der Waals surface area contributed by atoms with Gasteiger partial charge >= 0.3 is 0 Å². The Morgan fingerprint density at radius 3 is 2.24 bits per heavy atom. The van der Waals surface area contributed by atoms with Gasteiger partial charge in [-0.25, -0.2) is 8.78 Å².